The van der Waals surface area contributed by atoms with E-state index >= 15 is 0 Å². The average Bonchev–Trinajstić information content (AvgIpc) is 3.76. The molecule has 2 aromatic rings. The van der Waals surface area contributed by atoms with E-state index in [0.717, 1.165) is 29.7 Å². The summed E-state index contributed by atoms with van der Waals surface area (Å²) < 4.78 is 29.8. The van der Waals surface area contributed by atoms with Crippen molar-refractivity contribution in [1.29, 1.82) is 0 Å². The fraction of sp³-hybridized carbons (Fsp3) is 0.613. The van der Waals surface area contributed by atoms with Crippen LogP contribution in [0, 0.1) is 0 Å². The SMILES string of the molecule is CO[C@@]1(c2ccc(Cl)c(Cc3ccc(OCCOC4CC4)cc3)c2)O[C@H](CO[Si](C)(C)C(C)(C)C)[C@@H](O)[C@H](O)[C@H]1O. The lowest BCUT2D eigenvalue weighted by molar-refractivity contribution is -0.365. The third-order valence-electron chi connectivity index (χ3n) is 8.48. The smallest absolute Gasteiger partial charge is 0.224 e. The third kappa shape index (κ3) is 7.52. The predicted molar refractivity (Wildman–Crippen MR) is 160 cm³/mol. The van der Waals surface area contributed by atoms with Crippen LogP contribution in [0.25, 0.3) is 0 Å². The van der Waals surface area contributed by atoms with Crippen LogP contribution in [0.15, 0.2) is 42.5 Å². The Labute approximate surface area is 249 Å². The van der Waals surface area contributed by atoms with Gasteiger partial charge in [0.05, 0.1) is 19.3 Å². The van der Waals surface area contributed by atoms with E-state index < -0.39 is 38.5 Å². The third-order valence-corrected chi connectivity index (χ3v) is 13.4. The maximum absolute atomic E-state index is 11.1. The number of aliphatic hydroxyl groups is 3. The Morgan fingerprint density at radius 3 is 2.29 bits per heavy atom. The highest BCUT2D eigenvalue weighted by Crippen LogP contribution is 2.42. The number of rotatable bonds is 12. The molecule has 2 aromatic carbocycles. The molecule has 1 saturated heterocycles. The summed E-state index contributed by atoms with van der Waals surface area (Å²) in [5.41, 5.74) is 2.28. The molecule has 1 saturated carbocycles. The zero-order valence-electron chi connectivity index (χ0n) is 24.9. The summed E-state index contributed by atoms with van der Waals surface area (Å²) in [6.07, 6.45) is -2.15. The van der Waals surface area contributed by atoms with Crippen LogP contribution in [0.5, 0.6) is 5.75 Å². The zero-order valence-corrected chi connectivity index (χ0v) is 26.7. The fourth-order valence-electron chi connectivity index (χ4n) is 4.62. The summed E-state index contributed by atoms with van der Waals surface area (Å²) in [6.45, 7) is 11.7. The highest BCUT2D eigenvalue weighted by Gasteiger charge is 2.55. The van der Waals surface area contributed by atoms with Crippen molar-refractivity contribution in [3.05, 3.63) is 64.2 Å². The molecule has 3 N–H and O–H groups in total. The van der Waals surface area contributed by atoms with Gasteiger partial charge in [0.25, 0.3) is 0 Å². The summed E-state index contributed by atoms with van der Waals surface area (Å²) in [4.78, 5) is 0. The van der Waals surface area contributed by atoms with Crippen LogP contribution in [0.1, 0.15) is 50.3 Å². The van der Waals surface area contributed by atoms with Gasteiger partial charge in [-0.2, -0.15) is 0 Å². The summed E-state index contributed by atoms with van der Waals surface area (Å²) in [5.74, 6) is -0.969. The normalized spacial score (nSPS) is 27.2. The van der Waals surface area contributed by atoms with Gasteiger partial charge in [0.1, 0.15) is 36.8 Å². The van der Waals surface area contributed by atoms with E-state index in [9.17, 15) is 15.3 Å². The Morgan fingerprint density at radius 1 is 1.00 bits per heavy atom. The van der Waals surface area contributed by atoms with Crippen LogP contribution < -0.4 is 4.74 Å². The van der Waals surface area contributed by atoms with E-state index in [1.165, 1.54) is 7.11 Å². The molecule has 1 aliphatic heterocycles. The molecular weight excluding hydrogens is 564 g/mol. The molecule has 1 aliphatic carbocycles. The van der Waals surface area contributed by atoms with Gasteiger partial charge in [0, 0.05) is 17.7 Å². The minimum absolute atomic E-state index is 0.0497. The lowest BCUT2D eigenvalue weighted by Gasteiger charge is -2.49. The number of benzene rings is 2. The number of hydrogen-bond acceptors (Lipinski definition) is 8. The highest BCUT2D eigenvalue weighted by atomic mass is 35.5. The van der Waals surface area contributed by atoms with Gasteiger partial charge in [0.2, 0.25) is 5.79 Å². The first kappa shape index (κ1) is 32.4. The van der Waals surface area contributed by atoms with Crippen molar-refractivity contribution in [1.82, 2.24) is 0 Å². The largest absolute Gasteiger partial charge is 0.491 e. The van der Waals surface area contributed by atoms with Crippen molar-refractivity contribution < 1.29 is 38.7 Å². The molecule has 0 spiro atoms. The summed E-state index contributed by atoms with van der Waals surface area (Å²) in [7, 11) is -0.773. The second-order valence-electron chi connectivity index (χ2n) is 12.6. The fourth-order valence-corrected chi connectivity index (χ4v) is 5.82. The van der Waals surface area contributed by atoms with Crippen molar-refractivity contribution in [2.75, 3.05) is 26.9 Å². The molecule has 4 rings (SSSR count). The van der Waals surface area contributed by atoms with Gasteiger partial charge < -0.3 is 38.7 Å². The Balaban J connectivity index is 1.50. The van der Waals surface area contributed by atoms with Crippen LogP contribution in [0.2, 0.25) is 23.2 Å². The summed E-state index contributed by atoms with van der Waals surface area (Å²) in [5, 5.41) is 33.3. The maximum Gasteiger partial charge on any atom is 0.224 e. The van der Waals surface area contributed by atoms with E-state index in [-0.39, 0.29) is 11.6 Å². The molecule has 0 bridgehead atoms. The van der Waals surface area contributed by atoms with Crippen molar-refractivity contribution in [3.8, 4) is 5.75 Å². The van der Waals surface area contributed by atoms with E-state index in [0.29, 0.717) is 36.3 Å². The molecule has 10 heteroatoms. The van der Waals surface area contributed by atoms with Crippen LogP contribution in [0.4, 0.5) is 0 Å². The first-order chi connectivity index (χ1) is 19.3. The molecule has 1 heterocycles. The highest BCUT2D eigenvalue weighted by molar-refractivity contribution is 6.74. The van der Waals surface area contributed by atoms with E-state index in [1.54, 1.807) is 12.1 Å². The van der Waals surface area contributed by atoms with Gasteiger partial charge in [-0.05, 0) is 72.8 Å². The Kier molecular flexibility index (Phi) is 10.3. The van der Waals surface area contributed by atoms with Crippen molar-refractivity contribution >= 4 is 19.9 Å². The second kappa shape index (κ2) is 13.0. The van der Waals surface area contributed by atoms with Gasteiger partial charge in [0.15, 0.2) is 8.32 Å². The molecule has 2 fully saturated rings. The number of ether oxygens (including phenoxy) is 4. The van der Waals surface area contributed by atoms with Crippen LogP contribution in [-0.2, 0) is 30.8 Å². The minimum Gasteiger partial charge on any atom is -0.491 e. The molecule has 8 nitrogen and oxygen atoms in total. The van der Waals surface area contributed by atoms with Crippen molar-refractivity contribution in [3.63, 3.8) is 0 Å². The zero-order chi connectivity index (χ0) is 30.0. The molecule has 0 amide bonds. The number of aliphatic hydroxyl groups excluding tert-OH is 3. The van der Waals surface area contributed by atoms with Crippen molar-refractivity contribution in [2.24, 2.45) is 0 Å². The first-order valence-corrected chi connectivity index (χ1v) is 17.6. The monoisotopic (exact) mass is 608 g/mol. The van der Waals surface area contributed by atoms with E-state index in [2.05, 4.69) is 33.9 Å². The molecule has 0 aromatic heterocycles. The summed E-state index contributed by atoms with van der Waals surface area (Å²) >= 11 is 6.59. The Morgan fingerprint density at radius 2 is 1.68 bits per heavy atom. The van der Waals surface area contributed by atoms with Gasteiger partial charge in [-0.3, -0.25) is 0 Å². The molecule has 0 radical (unpaired) electrons. The topological polar surface area (TPSA) is 107 Å². The molecular formula is C31H45ClO8Si. The van der Waals surface area contributed by atoms with Gasteiger partial charge in [-0.15, -0.1) is 0 Å². The van der Waals surface area contributed by atoms with Gasteiger partial charge in [-0.1, -0.05) is 50.6 Å². The van der Waals surface area contributed by atoms with Gasteiger partial charge in [-0.25, -0.2) is 0 Å². The lowest BCUT2D eigenvalue weighted by atomic mass is 9.87. The standard InChI is InChI=1S/C31H45ClO8Si/c1-30(2,3)41(5,6)39-19-26-27(33)28(34)29(35)31(36-4,40-26)22-9-14-25(32)21(18-22)17-20-7-10-23(11-8-20)37-15-16-38-24-12-13-24/h7-11,14,18,24,26-29,33-35H,12-13,15-17,19H2,1-6H3/t26-,27-,28+,29-,31+/m1/s1. The molecule has 41 heavy (non-hydrogen) atoms. The Hall–Kier alpha value is -1.53. The van der Waals surface area contributed by atoms with Crippen LogP contribution >= 0.6 is 11.6 Å². The predicted octanol–water partition coefficient (Wildman–Crippen LogP) is 4.79. The van der Waals surface area contributed by atoms with Crippen LogP contribution in [-0.4, -0.2) is 81.1 Å². The minimum atomic E-state index is -2.18. The molecule has 2 aliphatic rings. The molecule has 5 atom stereocenters. The Bertz CT molecular complexity index is 1150. The maximum atomic E-state index is 11.1. The molecule has 0 unspecified atom stereocenters. The molecule has 228 valence electrons. The van der Waals surface area contributed by atoms with E-state index in [1.807, 2.05) is 30.3 Å². The second-order valence-corrected chi connectivity index (χ2v) is 17.8. The quantitative estimate of drug-likeness (QED) is 0.233. The number of halogens is 1. The average molecular weight is 609 g/mol. The number of methoxy groups -OCH3 is 1. The number of hydrogen-bond donors (Lipinski definition) is 3. The van der Waals surface area contributed by atoms with Crippen molar-refractivity contribution in [2.45, 2.75) is 94.5 Å². The van der Waals surface area contributed by atoms with Gasteiger partial charge >= 0.3 is 0 Å². The lowest BCUT2D eigenvalue weighted by Crippen LogP contribution is -2.64. The first-order valence-electron chi connectivity index (χ1n) is 14.3. The van der Waals surface area contributed by atoms with Crippen LogP contribution in [0.3, 0.4) is 0 Å². The van der Waals surface area contributed by atoms with E-state index in [4.69, 9.17) is 35.0 Å². The summed E-state index contributed by atoms with van der Waals surface area (Å²) in [6, 6.07) is 13.0.